The molecule has 0 bridgehead atoms. The first-order valence-corrected chi connectivity index (χ1v) is 13.4. The molecule has 0 aliphatic rings. The first kappa shape index (κ1) is 28.0. The molecule has 0 saturated carbocycles. The molecule has 0 spiro atoms. The van der Waals surface area contributed by atoms with Crippen LogP contribution >= 0.6 is 23.2 Å². The van der Waals surface area contributed by atoms with Crippen LogP contribution in [-0.2, 0) is 26.2 Å². The Labute approximate surface area is 212 Å². The number of benzene rings is 2. The molecule has 2 rings (SSSR count). The maximum Gasteiger partial charge on any atom is 0.244 e. The highest BCUT2D eigenvalue weighted by molar-refractivity contribution is 7.92. The molecule has 2 amide bonds. The summed E-state index contributed by atoms with van der Waals surface area (Å²) in [4.78, 5) is 27.7. The zero-order valence-electron chi connectivity index (χ0n) is 20.2. The molecule has 1 atom stereocenters. The van der Waals surface area contributed by atoms with E-state index in [0.717, 1.165) is 21.7 Å². The summed E-state index contributed by atoms with van der Waals surface area (Å²) in [5.41, 5.74) is 2.47. The molecule has 0 saturated heterocycles. The molecule has 2 aromatic carbocycles. The third-order valence-corrected chi connectivity index (χ3v) is 7.02. The minimum atomic E-state index is -3.80. The van der Waals surface area contributed by atoms with Crippen LogP contribution < -0.4 is 9.62 Å². The molecule has 0 fully saturated rings. The number of hydrogen-bond acceptors (Lipinski definition) is 4. The van der Waals surface area contributed by atoms with Crippen molar-refractivity contribution < 1.29 is 18.0 Å². The third kappa shape index (κ3) is 7.10. The maximum absolute atomic E-state index is 13.6. The van der Waals surface area contributed by atoms with Crippen molar-refractivity contribution in [3.05, 3.63) is 63.1 Å². The summed E-state index contributed by atoms with van der Waals surface area (Å²) in [5, 5.41) is 3.59. The van der Waals surface area contributed by atoms with E-state index in [9.17, 15) is 18.0 Å². The second-order valence-electron chi connectivity index (χ2n) is 8.61. The zero-order valence-corrected chi connectivity index (χ0v) is 22.6. The van der Waals surface area contributed by atoms with Gasteiger partial charge in [-0.25, -0.2) is 8.42 Å². The number of carbonyl (C=O) groups excluding carboxylic acids is 2. The van der Waals surface area contributed by atoms with Gasteiger partial charge in [-0.15, -0.1) is 0 Å². The molecule has 1 N–H and O–H groups in total. The Bertz CT molecular complexity index is 1150. The minimum absolute atomic E-state index is 0.00583. The van der Waals surface area contributed by atoms with Crippen molar-refractivity contribution in [3.8, 4) is 0 Å². The number of rotatable bonds is 9. The Morgan fingerprint density at radius 2 is 1.62 bits per heavy atom. The quantitative estimate of drug-likeness (QED) is 0.526. The number of nitrogens with one attached hydrogen (secondary N) is 1. The number of aryl methyl sites for hydroxylation is 2. The average molecular weight is 529 g/mol. The summed E-state index contributed by atoms with van der Waals surface area (Å²) in [6, 6.07) is 9.27. The van der Waals surface area contributed by atoms with E-state index in [0.29, 0.717) is 21.3 Å². The van der Waals surface area contributed by atoms with Gasteiger partial charge in [0.05, 0.1) is 11.9 Å². The predicted octanol–water partition coefficient (Wildman–Crippen LogP) is 4.32. The van der Waals surface area contributed by atoms with Crippen LogP contribution in [0.1, 0.15) is 37.5 Å². The van der Waals surface area contributed by atoms with Gasteiger partial charge in [0.1, 0.15) is 12.6 Å². The maximum atomic E-state index is 13.6. The van der Waals surface area contributed by atoms with Gasteiger partial charge in [-0.05, 0) is 63.4 Å². The minimum Gasteiger partial charge on any atom is -0.352 e. The largest absolute Gasteiger partial charge is 0.352 e. The van der Waals surface area contributed by atoms with E-state index in [2.05, 4.69) is 5.32 Å². The first-order chi connectivity index (χ1) is 15.7. The Kier molecular flexibility index (Phi) is 9.39. The summed E-state index contributed by atoms with van der Waals surface area (Å²) in [5.74, 6) is -0.892. The van der Waals surface area contributed by atoms with Crippen molar-refractivity contribution in [2.24, 2.45) is 0 Å². The summed E-state index contributed by atoms with van der Waals surface area (Å²) in [6.07, 6.45) is 1.06. The topological polar surface area (TPSA) is 86.8 Å². The van der Waals surface area contributed by atoms with Crippen LogP contribution in [0.2, 0.25) is 10.0 Å². The van der Waals surface area contributed by atoms with Crippen molar-refractivity contribution in [3.63, 3.8) is 0 Å². The van der Waals surface area contributed by atoms with Crippen LogP contribution in [0.5, 0.6) is 0 Å². The number of hydrogen-bond donors (Lipinski definition) is 1. The zero-order chi connectivity index (χ0) is 25.8. The molecule has 1 unspecified atom stereocenters. The lowest BCUT2D eigenvalue weighted by atomic mass is 10.1. The highest BCUT2D eigenvalue weighted by Crippen LogP contribution is 2.28. The van der Waals surface area contributed by atoms with Gasteiger partial charge < -0.3 is 10.2 Å². The number of para-hydroxylation sites is 1. The molecule has 0 heterocycles. The molecule has 0 aromatic heterocycles. The highest BCUT2D eigenvalue weighted by atomic mass is 35.5. The lowest BCUT2D eigenvalue weighted by molar-refractivity contribution is -0.139. The Balaban J connectivity index is 2.49. The number of carbonyl (C=O) groups is 2. The van der Waals surface area contributed by atoms with Gasteiger partial charge in [-0.2, -0.15) is 0 Å². The summed E-state index contributed by atoms with van der Waals surface area (Å²) < 4.78 is 26.6. The SMILES string of the molecule is Cc1cccc(C)c1N(CC(=O)N(Cc1ccc(Cl)cc1Cl)C(C)C(=O)NC(C)C)S(C)(=O)=O. The third-order valence-electron chi connectivity index (χ3n) is 5.32. The van der Waals surface area contributed by atoms with E-state index in [-0.39, 0.29) is 18.5 Å². The van der Waals surface area contributed by atoms with Crippen LogP contribution in [0, 0.1) is 13.8 Å². The van der Waals surface area contributed by atoms with Crippen LogP contribution in [0.4, 0.5) is 5.69 Å². The Hall–Kier alpha value is -2.29. The second kappa shape index (κ2) is 11.4. The van der Waals surface area contributed by atoms with Gasteiger partial charge in [-0.3, -0.25) is 13.9 Å². The van der Waals surface area contributed by atoms with Crippen LogP contribution in [0.25, 0.3) is 0 Å². The van der Waals surface area contributed by atoms with Gasteiger partial charge in [0, 0.05) is 22.6 Å². The van der Waals surface area contributed by atoms with Crippen molar-refractivity contribution in [2.45, 2.75) is 53.2 Å². The molecule has 10 heteroatoms. The van der Waals surface area contributed by atoms with E-state index in [1.165, 1.54) is 4.90 Å². The lowest BCUT2D eigenvalue weighted by Gasteiger charge is -2.32. The van der Waals surface area contributed by atoms with E-state index in [1.807, 2.05) is 19.9 Å². The standard InChI is InChI=1S/C24H31Cl2N3O4S/c1-15(2)27-24(31)18(5)28(13-19-10-11-20(25)12-21(19)26)22(30)14-29(34(6,32)33)23-16(3)8-7-9-17(23)4/h7-12,15,18H,13-14H2,1-6H3,(H,27,31). The summed E-state index contributed by atoms with van der Waals surface area (Å²) >= 11 is 12.3. The monoisotopic (exact) mass is 527 g/mol. The smallest absolute Gasteiger partial charge is 0.244 e. The fourth-order valence-electron chi connectivity index (χ4n) is 3.60. The molecule has 186 valence electrons. The van der Waals surface area contributed by atoms with Gasteiger partial charge in [0.2, 0.25) is 21.8 Å². The van der Waals surface area contributed by atoms with Crippen LogP contribution in [0.15, 0.2) is 36.4 Å². The molecule has 7 nitrogen and oxygen atoms in total. The lowest BCUT2D eigenvalue weighted by Crippen LogP contribution is -2.52. The molecule has 2 aromatic rings. The average Bonchev–Trinajstić information content (AvgIpc) is 2.70. The van der Waals surface area contributed by atoms with Crippen molar-refractivity contribution in [1.82, 2.24) is 10.2 Å². The normalized spacial score (nSPS) is 12.4. The molecule has 0 aliphatic carbocycles. The number of halogens is 2. The molecule has 34 heavy (non-hydrogen) atoms. The molecule has 0 aliphatic heterocycles. The molecular weight excluding hydrogens is 497 g/mol. The summed E-state index contributed by atoms with van der Waals surface area (Å²) in [7, 11) is -3.80. The first-order valence-electron chi connectivity index (χ1n) is 10.8. The van der Waals surface area contributed by atoms with Gasteiger partial charge in [0.15, 0.2) is 0 Å². The van der Waals surface area contributed by atoms with Crippen LogP contribution in [-0.4, -0.2) is 50.0 Å². The van der Waals surface area contributed by atoms with Crippen LogP contribution in [0.3, 0.4) is 0 Å². The van der Waals surface area contributed by atoms with E-state index >= 15 is 0 Å². The summed E-state index contributed by atoms with van der Waals surface area (Å²) in [6.45, 7) is 8.35. The molecule has 0 radical (unpaired) electrons. The van der Waals surface area contributed by atoms with Crippen molar-refractivity contribution in [2.75, 3.05) is 17.1 Å². The number of anilines is 1. The number of amides is 2. The molecular formula is C24H31Cl2N3O4S. The fourth-order valence-corrected chi connectivity index (χ4v) is 5.03. The number of nitrogens with zero attached hydrogens (tertiary/aromatic N) is 2. The number of sulfonamides is 1. The van der Waals surface area contributed by atoms with Crippen molar-refractivity contribution >= 4 is 50.7 Å². The van der Waals surface area contributed by atoms with Gasteiger partial charge >= 0.3 is 0 Å². The Morgan fingerprint density at radius 1 is 1.03 bits per heavy atom. The highest BCUT2D eigenvalue weighted by Gasteiger charge is 2.31. The van der Waals surface area contributed by atoms with E-state index in [1.54, 1.807) is 51.1 Å². The second-order valence-corrected chi connectivity index (χ2v) is 11.4. The van der Waals surface area contributed by atoms with Gasteiger partial charge in [-0.1, -0.05) is 47.5 Å². The fraction of sp³-hybridized carbons (Fsp3) is 0.417. The predicted molar refractivity (Wildman–Crippen MR) is 138 cm³/mol. The van der Waals surface area contributed by atoms with E-state index < -0.39 is 28.5 Å². The van der Waals surface area contributed by atoms with Gasteiger partial charge in [0.25, 0.3) is 0 Å². The van der Waals surface area contributed by atoms with E-state index in [4.69, 9.17) is 23.2 Å². The Morgan fingerprint density at radius 3 is 2.12 bits per heavy atom. The van der Waals surface area contributed by atoms with Crippen molar-refractivity contribution in [1.29, 1.82) is 0 Å².